The summed E-state index contributed by atoms with van der Waals surface area (Å²) in [6.07, 6.45) is 3.14. The number of carbonyl (C=O) groups excluding carboxylic acids is 3. The summed E-state index contributed by atoms with van der Waals surface area (Å²) >= 11 is 0. The van der Waals surface area contributed by atoms with Gasteiger partial charge in [-0.3, -0.25) is 14.7 Å². The molecule has 0 bridgehead atoms. The molecule has 1 heterocycles. The smallest absolute Gasteiger partial charge is 0.407 e. The van der Waals surface area contributed by atoms with E-state index in [1.54, 1.807) is 7.05 Å². The van der Waals surface area contributed by atoms with Crippen molar-refractivity contribution < 1.29 is 19.1 Å². The Bertz CT molecular complexity index is 598. The highest BCUT2D eigenvalue weighted by Gasteiger charge is 2.28. The maximum atomic E-state index is 11.9. The van der Waals surface area contributed by atoms with E-state index >= 15 is 0 Å². The lowest BCUT2D eigenvalue weighted by Crippen LogP contribution is -2.49. The summed E-state index contributed by atoms with van der Waals surface area (Å²) in [5.41, 5.74) is -0.499. The van der Waals surface area contributed by atoms with Crippen molar-refractivity contribution in [3.05, 3.63) is 0 Å². The highest BCUT2D eigenvalue weighted by Crippen LogP contribution is 2.19. The van der Waals surface area contributed by atoms with E-state index < -0.39 is 5.60 Å². The minimum Gasteiger partial charge on any atom is -0.444 e. The molecule has 1 saturated carbocycles. The van der Waals surface area contributed by atoms with E-state index in [1.165, 1.54) is 4.90 Å². The third kappa shape index (κ3) is 8.62. The summed E-state index contributed by atoms with van der Waals surface area (Å²) in [7, 11) is 1.68. The van der Waals surface area contributed by atoms with Crippen molar-refractivity contribution in [2.24, 2.45) is 4.99 Å². The zero-order valence-corrected chi connectivity index (χ0v) is 19.9. The number of amides is 4. The summed E-state index contributed by atoms with van der Waals surface area (Å²) in [6, 6.07) is 0.00715. The molecule has 1 saturated heterocycles. The predicted molar refractivity (Wildman–Crippen MR) is 120 cm³/mol. The Kier molecular flexibility index (Phi) is 9.93. The molecule has 2 fully saturated rings. The molecule has 0 aromatic heterocycles. The van der Waals surface area contributed by atoms with Gasteiger partial charge in [0.2, 0.25) is 5.91 Å². The monoisotopic (exact) mass is 524 g/mol. The molecule has 1 aliphatic heterocycles. The van der Waals surface area contributed by atoms with Crippen LogP contribution in [0.4, 0.5) is 9.59 Å². The Morgan fingerprint density at radius 1 is 1.17 bits per heavy atom. The summed E-state index contributed by atoms with van der Waals surface area (Å²) in [5, 5.41) is 11.9. The SMILES string of the molecule is CN=C(NCCN1C(=O)CNC1=O)NC1CCC(NC(=O)OC(C)(C)C)CC1.I. The van der Waals surface area contributed by atoms with Gasteiger partial charge < -0.3 is 26.0 Å². The van der Waals surface area contributed by atoms with E-state index in [4.69, 9.17) is 4.74 Å². The summed E-state index contributed by atoms with van der Waals surface area (Å²) in [6.45, 7) is 6.31. The number of carbonyl (C=O) groups is 3. The van der Waals surface area contributed by atoms with Gasteiger partial charge in [0.25, 0.3) is 0 Å². The first-order chi connectivity index (χ1) is 13.2. The lowest BCUT2D eigenvalue weighted by Gasteiger charge is -2.31. The van der Waals surface area contributed by atoms with Crippen LogP contribution in [0.2, 0.25) is 0 Å². The third-order valence-corrected chi connectivity index (χ3v) is 4.58. The van der Waals surface area contributed by atoms with Crippen LogP contribution in [0.3, 0.4) is 0 Å². The van der Waals surface area contributed by atoms with Gasteiger partial charge in [-0.05, 0) is 46.5 Å². The molecule has 0 aromatic rings. The van der Waals surface area contributed by atoms with E-state index in [9.17, 15) is 14.4 Å². The Morgan fingerprint density at radius 2 is 1.76 bits per heavy atom. The van der Waals surface area contributed by atoms with E-state index in [2.05, 4.69) is 26.3 Å². The van der Waals surface area contributed by atoms with Gasteiger partial charge in [0.05, 0.1) is 6.54 Å². The molecule has 29 heavy (non-hydrogen) atoms. The third-order valence-electron chi connectivity index (χ3n) is 4.58. The second-order valence-corrected chi connectivity index (χ2v) is 8.04. The second kappa shape index (κ2) is 11.4. The van der Waals surface area contributed by atoms with Crippen molar-refractivity contribution >= 4 is 48.0 Å². The molecule has 4 amide bonds. The number of imide groups is 1. The molecule has 0 spiro atoms. The first-order valence-corrected chi connectivity index (χ1v) is 9.73. The molecule has 11 heteroatoms. The number of aliphatic imine (C=N–C) groups is 1. The molecule has 10 nitrogen and oxygen atoms in total. The second-order valence-electron chi connectivity index (χ2n) is 8.04. The number of hydrogen-bond acceptors (Lipinski definition) is 5. The van der Waals surface area contributed by atoms with Crippen molar-refractivity contribution in [3.8, 4) is 0 Å². The van der Waals surface area contributed by atoms with Crippen LogP contribution < -0.4 is 21.3 Å². The molecular formula is C18H33IN6O4. The summed E-state index contributed by atoms with van der Waals surface area (Å²) < 4.78 is 5.30. The maximum Gasteiger partial charge on any atom is 0.407 e. The first-order valence-electron chi connectivity index (χ1n) is 9.73. The number of hydrogen-bond donors (Lipinski definition) is 4. The molecule has 1 aliphatic carbocycles. The average Bonchev–Trinajstić information content (AvgIpc) is 2.92. The summed E-state index contributed by atoms with van der Waals surface area (Å²) in [4.78, 5) is 40.3. The van der Waals surface area contributed by atoms with Gasteiger partial charge in [0.15, 0.2) is 5.96 Å². The zero-order chi connectivity index (χ0) is 20.7. The topological polar surface area (TPSA) is 124 Å². The van der Waals surface area contributed by atoms with Crippen LogP contribution in [-0.2, 0) is 9.53 Å². The highest BCUT2D eigenvalue weighted by molar-refractivity contribution is 14.0. The van der Waals surface area contributed by atoms with Crippen LogP contribution in [0.1, 0.15) is 46.5 Å². The van der Waals surface area contributed by atoms with Crippen LogP contribution in [-0.4, -0.2) is 73.3 Å². The van der Waals surface area contributed by atoms with E-state index in [0.717, 1.165) is 25.7 Å². The van der Waals surface area contributed by atoms with Gasteiger partial charge in [0.1, 0.15) is 5.60 Å². The minimum atomic E-state index is -0.499. The Balaban J connectivity index is 0.00000420. The van der Waals surface area contributed by atoms with Gasteiger partial charge in [-0.2, -0.15) is 0 Å². The molecule has 0 aromatic carbocycles. The van der Waals surface area contributed by atoms with Gasteiger partial charge in [-0.25, -0.2) is 9.59 Å². The van der Waals surface area contributed by atoms with Crippen molar-refractivity contribution in [3.63, 3.8) is 0 Å². The standard InChI is InChI=1S/C18H32N6O4.HI/c1-18(2,3)28-17(27)23-13-7-5-12(6-8-13)22-15(19-4)20-9-10-24-14(25)11-21-16(24)26;/h12-13H,5-11H2,1-4H3,(H,21,26)(H,23,27)(H2,19,20,22);1H. The van der Waals surface area contributed by atoms with Crippen molar-refractivity contribution in [2.75, 3.05) is 26.7 Å². The minimum absolute atomic E-state index is 0. The van der Waals surface area contributed by atoms with Crippen molar-refractivity contribution in [1.29, 1.82) is 0 Å². The Hall–Kier alpha value is -1.79. The quantitative estimate of drug-likeness (QED) is 0.185. The molecule has 2 rings (SSSR count). The number of guanidine groups is 1. The normalized spacial score (nSPS) is 22.5. The Morgan fingerprint density at radius 3 is 2.24 bits per heavy atom. The van der Waals surface area contributed by atoms with Gasteiger partial charge >= 0.3 is 12.1 Å². The molecule has 0 radical (unpaired) electrons. The van der Waals surface area contributed by atoms with Crippen LogP contribution in [0.5, 0.6) is 0 Å². The number of ether oxygens (including phenoxy) is 1. The molecule has 0 atom stereocenters. The van der Waals surface area contributed by atoms with E-state index in [-0.39, 0.29) is 67.2 Å². The van der Waals surface area contributed by atoms with Gasteiger partial charge in [-0.15, -0.1) is 24.0 Å². The number of halogens is 1. The fourth-order valence-corrected chi connectivity index (χ4v) is 3.21. The van der Waals surface area contributed by atoms with Crippen LogP contribution in [0.25, 0.3) is 0 Å². The lowest BCUT2D eigenvalue weighted by atomic mass is 9.91. The average molecular weight is 524 g/mol. The Labute approximate surface area is 189 Å². The summed E-state index contributed by atoms with van der Waals surface area (Å²) in [5.74, 6) is 0.418. The van der Waals surface area contributed by atoms with Crippen LogP contribution >= 0.6 is 24.0 Å². The molecule has 4 N–H and O–H groups in total. The van der Waals surface area contributed by atoms with Gasteiger partial charge in [0, 0.05) is 32.2 Å². The number of nitrogens with one attached hydrogen (secondary N) is 4. The fourth-order valence-electron chi connectivity index (χ4n) is 3.21. The maximum absolute atomic E-state index is 11.9. The number of alkyl carbamates (subject to hydrolysis) is 1. The van der Waals surface area contributed by atoms with Crippen LogP contribution in [0, 0.1) is 0 Å². The fraction of sp³-hybridized carbons (Fsp3) is 0.778. The predicted octanol–water partition coefficient (Wildman–Crippen LogP) is 1.16. The zero-order valence-electron chi connectivity index (χ0n) is 17.5. The van der Waals surface area contributed by atoms with Crippen molar-refractivity contribution in [2.45, 2.75) is 64.1 Å². The first kappa shape index (κ1) is 25.2. The van der Waals surface area contributed by atoms with Crippen molar-refractivity contribution in [1.82, 2.24) is 26.2 Å². The van der Waals surface area contributed by atoms with E-state index in [0.29, 0.717) is 12.5 Å². The molecule has 166 valence electrons. The van der Waals surface area contributed by atoms with E-state index in [1.807, 2.05) is 20.8 Å². The van der Waals surface area contributed by atoms with Crippen LogP contribution in [0.15, 0.2) is 4.99 Å². The lowest BCUT2D eigenvalue weighted by molar-refractivity contribution is -0.124. The number of urea groups is 1. The molecule has 2 aliphatic rings. The largest absolute Gasteiger partial charge is 0.444 e. The molecule has 0 unspecified atom stereocenters. The molecular weight excluding hydrogens is 491 g/mol. The van der Waals surface area contributed by atoms with Gasteiger partial charge in [-0.1, -0.05) is 0 Å². The number of rotatable bonds is 5. The highest BCUT2D eigenvalue weighted by atomic mass is 127. The number of nitrogens with zero attached hydrogens (tertiary/aromatic N) is 2.